The molecular weight excluding hydrogens is 371 g/mol. The smallest absolute Gasteiger partial charge is 0.435 e. The Kier molecular flexibility index (Phi) is 4.49. The number of hydrogen-bond acceptors (Lipinski definition) is 3. The van der Waals surface area contributed by atoms with Crippen LogP contribution in [0, 0.1) is 0 Å². The molecule has 0 unspecified atom stereocenters. The van der Waals surface area contributed by atoms with E-state index in [1.807, 2.05) is 6.92 Å². The van der Waals surface area contributed by atoms with Crippen molar-refractivity contribution in [1.82, 2.24) is 15.1 Å². The molecule has 1 aliphatic rings. The van der Waals surface area contributed by atoms with Crippen LogP contribution in [0.25, 0.3) is 16.9 Å². The summed E-state index contributed by atoms with van der Waals surface area (Å²) in [4.78, 5) is 12.1. The monoisotopic (exact) mass is 389 g/mol. The van der Waals surface area contributed by atoms with Gasteiger partial charge in [0.15, 0.2) is 5.69 Å². The molecule has 1 amide bonds. The number of benzene rings is 1. The lowest BCUT2D eigenvalue weighted by atomic mass is 9.94. The maximum Gasteiger partial charge on any atom is 0.435 e. The van der Waals surface area contributed by atoms with Gasteiger partial charge < -0.3 is 9.73 Å². The van der Waals surface area contributed by atoms with E-state index in [0.29, 0.717) is 41.2 Å². The number of nitrogens with zero attached hydrogens (tertiary/aromatic N) is 2. The minimum absolute atomic E-state index is 0.172. The maximum absolute atomic E-state index is 13.5. The molecule has 0 fully saturated rings. The Labute approximate surface area is 159 Å². The SMILES string of the molecule is CCCNC(=O)c1ccc(-n2nc(C(F)(F)F)c3c2-c2ccoc2CC3)cc1. The predicted octanol–water partition coefficient (Wildman–Crippen LogP) is 4.39. The molecule has 1 aromatic carbocycles. The molecule has 0 bridgehead atoms. The van der Waals surface area contributed by atoms with Gasteiger partial charge in [-0.05, 0) is 43.2 Å². The van der Waals surface area contributed by atoms with E-state index in [1.165, 1.54) is 10.9 Å². The molecule has 0 radical (unpaired) electrons. The molecule has 4 rings (SSSR count). The average Bonchev–Trinajstić information content (AvgIpc) is 3.29. The molecule has 1 aliphatic carbocycles. The van der Waals surface area contributed by atoms with E-state index in [1.54, 1.807) is 30.3 Å². The molecule has 1 N–H and O–H groups in total. The van der Waals surface area contributed by atoms with Crippen LogP contribution in [0.5, 0.6) is 0 Å². The topological polar surface area (TPSA) is 60.1 Å². The molecule has 2 heterocycles. The summed E-state index contributed by atoms with van der Waals surface area (Å²) in [6.07, 6.45) is -1.64. The first-order valence-corrected chi connectivity index (χ1v) is 9.04. The van der Waals surface area contributed by atoms with Crippen LogP contribution in [0.15, 0.2) is 41.0 Å². The number of carbonyl (C=O) groups excluding carboxylic acids is 1. The van der Waals surface area contributed by atoms with Crippen LogP contribution in [-0.2, 0) is 19.0 Å². The van der Waals surface area contributed by atoms with Gasteiger partial charge in [-0.15, -0.1) is 0 Å². The summed E-state index contributed by atoms with van der Waals surface area (Å²) in [6.45, 7) is 2.51. The van der Waals surface area contributed by atoms with E-state index in [9.17, 15) is 18.0 Å². The number of alkyl halides is 3. The van der Waals surface area contributed by atoms with Gasteiger partial charge in [-0.1, -0.05) is 6.92 Å². The molecule has 5 nitrogen and oxygen atoms in total. The van der Waals surface area contributed by atoms with Crippen LogP contribution >= 0.6 is 0 Å². The fraction of sp³-hybridized carbons (Fsp3) is 0.300. The summed E-state index contributed by atoms with van der Waals surface area (Å²) in [5, 5.41) is 6.65. The van der Waals surface area contributed by atoms with Crippen LogP contribution in [0.1, 0.15) is 40.7 Å². The van der Waals surface area contributed by atoms with Crippen molar-refractivity contribution in [2.75, 3.05) is 6.54 Å². The van der Waals surface area contributed by atoms with Gasteiger partial charge in [0.05, 0.1) is 17.6 Å². The standard InChI is InChI=1S/C20H18F3N3O2/c1-2-10-24-19(27)12-3-5-13(6-4-12)26-17-14-9-11-28-16(14)8-7-15(17)18(25-26)20(21,22)23/h3-6,9,11H,2,7-8,10H2,1H3,(H,24,27). The second kappa shape index (κ2) is 6.85. The lowest BCUT2D eigenvalue weighted by molar-refractivity contribution is -0.142. The number of furan rings is 1. The lowest BCUT2D eigenvalue weighted by Gasteiger charge is -2.15. The van der Waals surface area contributed by atoms with Gasteiger partial charge in [-0.25, -0.2) is 4.68 Å². The van der Waals surface area contributed by atoms with Crippen molar-refractivity contribution in [2.45, 2.75) is 32.4 Å². The normalized spacial score (nSPS) is 13.1. The van der Waals surface area contributed by atoms with E-state index in [-0.39, 0.29) is 17.9 Å². The number of halogens is 3. The molecule has 2 aromatic heterocycles. The van der Waals surface area contributed by atoms with Crippen molar-refractivity contribution >= 4 is 5.91 Å². The Balaban J connectivity index is 1.79. The molecule has 0 saturated heterocycles. The number of fused-ring (bicyclic) bond motifs is 3. The molecule has 146 valence electrons. The van der Waals surface area contributed by atoms with Crippen LogP contribution in [0.2, 0.25) is 0 Å². The van der Waals surface area contributed by atoms with Crippen molar-refractivity contribution in [3.05, 3.63) is 59.2 Å². The van der Waals surface area contributed by atoms with Crippen LogP contribution in [-0.4, -0.2) is 22.2 Å². The van der Waals surface area contributed by atoms with E-state index in [4.69, 9.17) is 4.42 Å². The van der Waals surface area contributed by atoms with Crippen molar-refractivity contribution in [3.63, 3.8) is 0 Å². The van der Waals surface area contributed by atoms with Crippen LogP contribution in [0.3, 0.4) is 0 Å². The average molecular weight is 389 g/mol. The summed E-state index contributed by atoms with van der Waals surface area (Å²) in [5.41, 5.74) is 1.20. The number of nitrogens with one attached hydrogen (secondary N) is 1. The van der Waals surface area contributed by atoms with Gasteiger partial charge in [-0.2, -0.15) is 18.3 Å². The highest BCUT2D eigenvalue weighted by atomic mass is 19.4. The molecule has 0 aliphatic heterocycles. The predicted molar refractivity (Wildman–Crippen MR) is 96.3 cm³/mol. The number of amides is 1. The Morgan fingerprint density at radius 3 is 2.64 bits per heavy atom. The quantitative estimate of drug-likeness (QED) is 0.720. The molecule has 28 heavy (non-hydrogen) atoms. The summed E-state index contributed by atoms with van der Waals surface area (Å²) in [6, 6.07) is 8.03. The summed E-state index contributed by atoms with van der Waals surface area (Å²) < 4.78 is 47.3. The third-order valence-electron chi connectivity index (χ3n) is 4.76. The van der Waals surface area contributed by atoms with Gasteiger partial charge in [0.1, 0.15) is 5.76 Å². The fourth-order valence-corrected chi connectivity index (χ4v) is 3.46. The van der Waals surface area contributed by atoms with E-state index in [0.717, 1.165) is 6.42 Å². The van der Waals surface area contributed by atoms with E-state index >= 15 is 0 Å². The zero-order valence-corrected chi connectivity index (χ0v) is 15.1. The van der Waals surface area contributed by atoms with E-state index < -0.39 is 11.9 Å². The zero-order valence-electron chi connectivity index (χ0n) is 15.1. The van der Waals surface area contributed by atoms with Gasteiger partial charge in [0.25, 0.3) is 5.91 Å². The first kappa shape index (κ1) is 18.3. The van der Waals surface area contributed by atoms with Gasteiger partial charge in [-0.3, -0.25) is 4.79 Å². The van der Waals surface area contributed by atoms with E-state index in [2.05, 4.69) is 10.4 Å². The Morgan fingerprint density at radius 2 is 1.96 bits per heavy atom. The molecule has 3 aromatic rings. The molecule has 0 spiro atoms. The van der Waals surface area contributed by atoms with Gasteiger partial charge >= 0.3 is 6.18 Å². The number of rotatable bonds is 4. The number of carbonyl (C=O) groups is 1. The highest BCUT2D eigenvalue weighted by Crippen LogP contribution is 2.42. The molecule has 0 saturated carbocycles. The third kappa shape index (κ3) is 3.08. The second-order valence-corrected chi connectivity index (χ2v) is 6.65. The fourth-order valence-electron chi connectivity index (χ4n) is 3.46. The number of aryl methyl sites for hydroxylation is 1. The van der Waals surface area contributed by atoms with Crippen molar-refractivity contribution in [1.29, 1.82) is 0 Å². The molecule has 8 heteroatoms. The summed E-state index contributed by atoms with van der Waals surface area (Å²) in [7, 11) is 0. The lowest BCUT2D eigenvalue weighted by Crippen LogP contribution is -2.23. The minimum atomic E-state index is -4.55. The Morgan fingerprint density at radius 1 is 1.21 bits per heavy atom. The largest absolute Gasteiger partial charge is 0.469 e. The highest BCUT2D eigenvalue weighted by Gasteiger charge is 2.41. The van der Waals surface area contributed by atoms with Gasteiger partial charge in [0.2, 0.25) is 0 Å². The van der Waals surface area contributed by atoms with Crippen molar-refractivity contribution in [2.24, 2.45) is 0 Å². The Bertz CT molecular complexity index is 1020. The van der Waals surface area contributed by atoms with Crippen molar-refractivity contribution < 1.29 is 22.4 Å². The number of aromatic nitrogens is 2. The third-order valence-corrected chi connectivity index (χ3v) is 4.76. The Hall–Kier alpha value is -3.03. The maximum atomic E-state index is 13.5. The molecular formula is C20H18F3N3O2. The first-order valence-electron chi connectivity index (χ1n) is 9.04. The van der Waals surface area contributed by atoms with Crippen molar-refractivity contribution in [3.8, 4) is 16.9 Å². The van der Waals surface area contributed by atoms with Gasteiger partial charge in [0, 0.05) is 29.7 Å². The summed E-state index contributed by atoms with van der Waals surface area (Å²) >= 11 is 0. The van der Waals surface area contributed by atoms with Crippen LogP contribution in [0.4, 0.5) is 13.2 Å². The number of hydrogen-bond donors (Lipinski definition) is 1. The van der Waals surface area contributed by atoms with Crippen LogP contribution < -0.4 is 5.32 Å². The first-order chi connectivity index (χ1) is 13.4. The zero-order chi connectivity index (χ0) is 19.9. The molecule has 0 atom stereocenters. The minimum Gasteiger partial charge on any atom is -0.469 e. The summed E-state index contributed by atoms with van der Waals surface area (Å²) in [5.74, 6) is 0.432. The highest BCUT2D eigenvalue weighted by molar-refractivity contribution is 5.94. The second-order valence-electron chi connectivity index (χ2n) is 6.65.